The highest BCUT2D eigenvalue weighted by Gasteiger charge is 2.01. The van der Waals surface area contributed by atoms with Crippen LogP contribution in [0.15, 0.2) is 11.6 Å². The van der Waals surface area contributed by atoms with Crippen molar-refractivity contribution in [2.75, 3.05) is 18.1 Å². The second-order valence-electron chi connectivity index (χ2n) is 2.56. The maximum Gasteiger partial charge on any atom is 0.227 e. The number of hydrogen-bond donors (Lipinski definition) is 2. The van der Waals surface area contributed by atoms with Crippen molar-refractivity contribution in [1.82, 2.24) is 5.32 Å². The zero-order valence-electron chi connectivity index (χ0n) is 7.72. The zero-order valence-corrected chi connectivity index (χ0v) is 9.29. The molecule has 0 saturated heterocycles. The van der Waals surface area contributed by atoms with E-state index in [2.05, 4.69) is 11.9 Å². The summed E-state index contributed by atoms with van der Waals surface area (Å²) in [6.45, 7) is 3.71. The number of nitrogens with two attached hydrogens (primary N) is 1. The molecule has 14 heavy (non-hydrogen) atoms. The summed E-state index contributed by atoms with van der Waals surface area (Å²) in [5.41, 5.74) is 4.92. The number of amides is 2. The topological polar surface area (TPSA) is 72.2 Å². The van der Waals surface area contributed by atoms with Gasteiger partial charge < -0.3 is 11.1 Å². The van der Waals surface area contributed by atoms with Crippen molar-refractivity contribution in [2.45, 2.75) is 6.42 Å². The van der Waals surface area contributed by atoms with E-state index in [1.807, 2.05) is 0 Å². The fraction of sp³-hybridized carbons (Fsp3) is 0.500. The molecule has 0 fully saturated rings. The molecule has 3 N–H and O–H groups in total. The zero-order chi connectivity index (χ0) is 11.0. The number of hydrogen-bond acceptors (Lipinski definition) is 3. The first-order valence-electron chi connectivity index (χ1n) is 3.98. The summed E-state index contributed by atoms with van der Waals surface area (Å²) in [6.07, 6.45) is 0.349. The maximum absolute atomic E-state index is 11.1. The van der Waals surface area contributed by atoms with E-state index in [-0.39, 0.29) is 24.1 Å². The Morgan fingerprint density at radius 3 is 2.64 bits per heavy atom. The van der Waals surface area contributed by atoms with Crippen LogP contribution in [-0.4, -0.2) is 29.9 Å². The lowest BCUT2D eigenvalue weighted by Crippen LogP contribution is -2.24. The monoisotopic (exact) mass is 236 g/mol. The van der Waals surface area contributed by atoms with Gasteiger partial charge in [-0.2, -0.15) is 11.8 Å². The number of primary amides is 1. The van der Waals surface area contributed by atoms with Gasteiger partial charge in [0.1, 0.15) is 0 Å². The number of thioether (sulfide) groups is 1. The van der Waals surface area contributed by atoms with Gasteiger partial charge in [0.05, 0.1) is 12.3 Å². The summed E-state index contributed by atoms with van der Waals surface area (Å²) in [7, 11) is 0. The van der Waals surface area contributed by atoms with E-state index in [0.717, 1.165) is 0 Å². The lowest BCUT2D eigenvalue weighted by molar-refractivity contribution is -0.120. The van der Waals surface area contributed by atoms with Crippen molar-refractivity contribution in [3.63, 3.8) is 0 Å². The molecule has 0 aliphatic rings. The second-order valence-corrected chi connectivity index (χ2v) is 4.20. The summed E-state index contributed by atoms with van der Waals surface area (Å²) < 4.78 is 0. The lowest BCUT2D eigenvalue weighted by Gasteiger charge is -2.02. The molecule has 0 atom stereocenters. The Morgan fingerprint density at radius 1 is 1.50 bits per heavy atom. The van der Waals surface area contributed by atoms with E-state index in [9.17, 15) is 9.59 Å². The van der Waals surface area contributed by atoms with Crippen LogP contribution in [0.3, 0.4) is 0 Å². The van der Waals surface area contributed by atoms with Crippen molar-refractivity contribution in [3.8, 4) is 0 Å². The third-order valence-electron chi connectivity index (χ3n) is 1.20. The first-order valence-corrected chi connectivity index (χ1v) is 5.51. The van der Waals surface area contributed by atoms with Crippen LogP contribution in [0.5, 0.6) is 0 Å². The molecular formula is C8H13ClN2O2S. The molecule has 0 aromatic heterocycles. The molecule has 0 saturated carbocycles. The predicted octanol–water partition coefficient (Wildman–Crippen LogP) is 0.464. The van der Waals surface area contributed by atoms with Crippen molar-refractivity contribution < 1.29 is 9.59 Å². The maximum atomic E-state index is 11.1. The quantitative estimate of drug-likeness (QED) is 0.631. The summed E-state index contributed by atoms with van der Waals surface area (Å²) in [5.74, 6) is 0.340. The van der Waals surface area contributed by atoms with Crippen molar-refractivity contribution >= 4 is 35.2 Å². The van der Waals surface area contributed by atoms with Crippen molar-refractivity contribution in [3.05, 3.63) is 11.6 Å². The Kier molecular flexibility index (Phi) is 7.32. The highest BCUT2D eigenvalue weighted by Crippen LogP contribution is 2.01. The van der Waals surface area contributed by atoms with Crippen LogP contribution in [0, 0.1) is 0 Å². The van der Waals surface area contributed by atoms with Gasteiger partial charge in [-0.05, 0) is 0 Å². The molecule has 0 unspecified atom stereocenters. The van der Waals surface area contributed by atoms with Crippen molar-refractivity contribution in [2.24, 2.45) is 5.73 Å². The fourth-order valence-corrected chi connectivity index (χ4v) is 1.36. The summed E-state index contributed by atoms with van der Waals surface area (Å²) >= 11 is 6.78. The normalized spacial score (nSPS) is 9.50. The lowest BCUT2D eigenvalue weighted by atomic mass is 10.4. The van der Waals surface area contributed by atoms with Gasteiger partial charge in [-0.15, -0.1) is 0 Å². The number of halogens is 1. The molecule has 6 heteroatoms. The Balaban J connectivity index is 3.36. The van der Waals surface area contributed by atoms with Gasteiger partial charge in [-0.3, -0.25) is 9.59 Å². The van der Waals surface area contributed by atoms with E-state index in [1.165, 1.54) is 11.8 Å². The van der Waals surface area contributed by atoms with Crippen LogP contribution in [0.2, 0.25) is 0 Å². The number of carbonyl (C=O) groups excluding carboxylic acids is 2. The van der Waals surface area contributed by atoms with Crippen molar-refractivity contribution in [1.29, 1.82) is 0 Å². The van der Waals surface area contributed by atoms with Crippen LogP contribution in [0.25, 0.3) is 0 Å². The Labute approximate surface area is 92.2 Å². The SMILES string of the molecule is C=C(Cl)CNC(=O)CCSCC(N)=O. The van der Waals surface area contributed by atoms with Gasteiger partial charge in [0, 0.05) is 17.2 Å². The van der Waals surface area contributed by atoms with Gasteiger partial charge in [0.25, 0.3) is 0 Å². The minimum absolute atomic E-state index is 0.108. The van der Waals surface area contributed by atoms with Gasteiger partial charge in [0.15, 0.2) is 0 Å². The summed E-state index contributed by atoms with van der Waals surface area (Å²) in [4.78, 5) is 21.4. The summed E-state index contributed by atoms with van der Waals surface area (Å²) in [6, 6.07) is 0. The molecule has 0 aromatic rings. The molecule has 0 aliphatic heterocycles. The number of rotatable bonds is 7. The Morgan fingerprint density at radius 2 is 2.14 bits per heavy atom. The number of nitrogens with one attached hydrogen (secondary N) is 1. The van der Waals surface area contributed by atoms with E-state index in [1.54, 1.807) is 0 Å². The van der Waals surface area contributed by atoms with Gasteiger partial charge in [-0.1, -0.05) is 18.2 Å². The third kappa shape index (κ3) is 9.41. The molecule has 80 valence electrons. The Hall–Kier alpha value is -0.680. The molecule has 0 spiro atoms. The average molecular weight is 237 g/mol. The second kappa shape index (κ2) is 7.70. The van der Waals surface area contributed by atoms with Crippen LogP contribution in [0.4, 0.5) is 0 Å². The van der Waals surface area contributed by atoms with Gasteiger partial charge in [0.2, 0.25) is 11.8 Å². The highest BCUT2D eigenvalue weighted by atomic mass is 35.5. The molecule has 0 heterocycles. The molecule has 0 aromatic carbocycles. The highest BCUT2D eigenvalue weighted by molar-refractivity contribution is 7.99. The Bertz CT molecular complexity index is 233. The first-order chi connectivity index (χ1) is 6.52. The summed E-state index contributed by atoms with van der Waals surface area (Å²) in [5, 5.41) is 2.96. The average Bonchev–Trinajstić information content (AvgIpc) is 2.08. The third-order valence-corrected chi connectivity index (χ3v) is 2.31. The predicted molar refractivity (Wildman–Crippen MR) is 59.1 cm³/mol. The smallest absolute Gasteiger partial charge is 0.227 e. The van der Waals surface area contributed by atoms with E-state index in [0.29, 0.717) is 17.2 Å². The largest absolute Gasteiger partial charge is 0.369 e. The standard InChI is InChI=1S/C8H13ClN2O2S/c1-6(9)4-11-8(13)2-3-14-5-7(10)12/h1-5H2,(H2,10,12)(H,11,13). The van der Waals surface area contributed by atoms with Gasteiger partial charge >= 0.3 is 0 Å². The van der Waals surface area contributed by atoms with Crippen LogP contribution >= 0.6 is 23.4 Å². The van der Waals surface area contributed by atoms with Crippen LogP contribution < -0.4 is 11.1 Å². The molecular weight excluding hydrogens is 224 g/mol. The molecule has 0 rings (SSSR count). The first kappa shape index (κ1) is 13.3. The molecule has 0 bridgehead atoms. The molecule has 0 aliphatic carbocycles. The van der Waals surface area contributed by atoms with E-state index < -0.39 is 0 Å². The van der Waals surface area contributed by atoms with E-state index in [4.69, 9.17) is 17.3 Å². The molecule has 4 nitrogen and oxygen atoms in total. The minimum Gasteiger partial charge on any atom is -0.369 e. The number of carbonyl (C=O) groups is 2. The fourth-order valence-electron chi connectivity index (χ4n) is 0.621. The van der Waals surface area contributed by atoms with Crippen LogP contribution in [-0.2, 0) is 9.59 Å². The molecule has 2 amide bonds. The van der Waals surface area contributed by atoms with Gasteiger partial charge in [-0.25, -0.2) is 0 Å². The minimum atomic E-state index is -0.371. The molecule has 0 radical (unpaired) electrons. The van der Waals surface area contributed by atoms with E-state index >= 15 is 0 Å². The van der Waals surface area contributed by atoms with Crippen LogP contribution in [0.1, 0.15) is 6.42 Å².